The zero-order valence-corrected chi connectivity index (χ0v) is 22.3. The number of rotatable bonds is 7. The Labute approximate surface area is 235 Å². The molecule has 0 aromatic heterocycles. The summed E-state index contributed by atoms with van der Waals surface area (Å²) < 4.78 is 0. The average molecular weight is 516 g/mol. The molecule has 0 spiro atoms. The van der Waals surface area contributed by atoms with Crippen LogP contribution in [0.1, 0.15) is 22.7 Å². The standard InChI is InChI=1S/C37H29N3/c1-40(39-37(29-12-4-2-5-13-29)30-14-6-3-7-15-30)34-21-19-28(20-22-34)35-24-31-16-8-9-17-32(31)25-36(35)33-18-10-11-27(23-33)26-38/h2-25,37,39H,1H3. The molecule has 0 aliphatic carbocycles. The van der Waals surface area contributed by atoms with Crippen LogP contribution in [0.4, 0.5) is 5.69 Å². The molecule has 0 aliphatic rings. The monoisotopic (exact) mass is 515 g/mol. The lowest BCUT2D eigenvalue weighted by atomic mass is 9.91. The maximum Gasteiger partial charge on any atom is 0.0991 e. The zero-order valence-electron chi connectivity index (χ0n) is 22.3. The number of hydrogen-bond acceptors (Lipinski definition) is 3. The molecule has 0 bridgehead atoms. The highest BCUT2D eigenvalue weighted by Crippen LogP contribution is 2.37. The molecule has 0 unspecified atom stereocenters. The maximum atomic E-state index is 9.50. The molecule has 3 nitrogen and oxygen atoms in total. The summed E-state index contributed by atoms with van der Waals surface area (Å²) in [5, 5.41) is 14.0. The van der Waals surface area contributed by atoms with Crippen molar-refractivity contribution in [3.05, 3.63) is 162 Å². The fourth-order valence-corrected chi connectivity index (χ4v) is 5.24. The van der Waals surface area contributed by atoms with Crippen molar-refractivity contribution in [2.75, 3.05) is 12.1 Å². The Morgan fingerprint density at radius 2 is 1.12 bits per heavy atom. The molecule has 0 radical (unpaired) electrons. The number of anilines is 1. The van der Waals surface area contributed by atoms with E-state index in [0.29, 0.717) is 5.56 Å². The predicted molar refractivity (Wildman–Crippen MR) is 166 cm³/mol. The van der Waals surface area contributed by atoms with Crippen LogP contribution in [0.15, 0.2) is 146 Å². The molecule has 6 rings (SSSR count). The van der Waals surface area contributed by atoms with E-state index in [9.17, 15) is 5.26 Å². The van der Waals surface area contributed by atoms with Crippen molar-refractivity contribution in [3.63, 3.8) is 0 Å². The van der Waals surface area contributed by atoms with E-state index in [1.807, 2.05) is 30.3 Å². The minimum atomic E-state index is 0.0200. The molecule has 0 fully saturated rings. The molecule has 1 N–H and O–H groups in total. The van der Waals surface area contributed by atoms with Gasteiger partial charge in [0.2, 0.25) is 0 Å². The van der Waals surface area contributed by atoms with Crippen LogP contribution in [0.2, 0.25) is 0 Å². The van der Waals surface area contributed by atoms with Gasteiger partial charge in [-0.2, -0.15) is 5.26 Å². The first kappa shape index (κ1) is 25.1. The number of fused-ring (bicyclic) bond motifs is 1. The van der Waals surface area contributed by atoms with Gasteiger partial charge < -0.3 is 5.01 Å². The van der Waals surface area contributed by atoms with Gasteiger partial charge in [-0.15, -0.1) is 0 Å². The van der Waals surface area contributed by atoms with Gasteiger partial charge in [0.15, 0.2) is 0 Å². The van der Waals surface area contributed by atoms with E-state index in [0.717, 1.165) is 27.9 Å². The van der Waals surface area contributed by atoms with E-state index in [-0.39, 0.29) is 6.04 Å². The van der Waals surface area contributed by atoms with Gasteiger partial charge in [0.1, 0.15) is 0 Å². The summed E-state index contributed by atoms with van der Waals surface area (Å²) in [5.74, 6) is 0. The molecule has 40 heavy (non-hydrogen) atoms. The van der Waals surface area contributed by atoms with Crippen LogP contribution in [0, 0.1) is 11.3 Å². The molecule has 6 aromatic carbocycles. The topological polar surface area (TPSA) is 39.1 Å². The van der Waals surface area contributed by atoms with Crippen molar-refractivity contribution in [2.45, 2.75) is 6.04 Å². The number of nitrogens with zero attached hydrogens (tertiary/aromatic N) is 2. The van der Waals surface area contributed by atoms with Crippen LogP contribution in [0.5, 0.6) is 0 Å². The highest BCUT2D eigenvalue weighted by Gasteiger charge is 2.16. The zero-order chi connectivity index (χ0) is 27.3. The van der Waals surface area contributed by atoms with Gasteiger partial charge in [0.05, 0.1) is 23.4 Å². The summed E-state index contributed by atoms with van der Waals surface area (Å²) in [6, 6.07) is 52.7. The van der Waals surface area contributed by atoms with Crippen LogP contribution in [0.3, 0.4) is 0 Å². The quantitative estimate of drug-likeness (QED) is 0.216. The average Bonchev–Trinajstić information content (AvgIpc) is 3.04. The van der Waals surface area contributed by atoms with E-state index in [2.05, 4.69) is 139 Å². The largest absolute Gasteiger partial charge is 0.311 e. The van der Waals surface area contributed by atoms with Gasteiger partial charge in [-0.1, -0.05) is 109 Å². The Bertz CT molecular complexity index is 1750. The molecular formula is C37H29N3. The fourth-order valence-electron chi connectivity index (χ4n) is 5.24. The molecule has 0 aliphatic heterocycles. The molecule has 0 saturated carbocycles. The van der Waals surface area contributed by atoms with Gasteiger partial charge in [0, 0.05) is 7.05 Å². The summed E-state index contributed by atoms with van der Waals surface area (Å²) in [5.41, 5.74) is 12.3. The summed E-state index contributed by atoms with van der Waals surface area (Å²) in [6.07, 6.45) is 0. The van der Waals surface area contributed by atoms with E-state index in [1.165, 1.54) is 21.9 Å². The van der Waals surface area contributed by atoms with Crippen molar-refractivity contribution >= 4 is 16.5 Å². The van der Waals surface area contributed by atoms with Crippen molar-refractivity contribution in [2.24, 2.45) is 0 Å². The first-order chi connectivity index (χ1) is 19.7. The van der Waals surface area contributed by atoms with E-state index in [4.69, 9.17) is 0 Å². The Morgan fingerprint density at radius 3 is 1.70 bits per heavy atom. The molecular weight excluding hydrogens is 486 g/mol. The number of benzene rings is 6. The van der Waals surface area contributed by atoms with E-state index < -0.39 is 0 Å². The molecule has 0 atom stereocenters. The van der Waals surface area contributed by atoms with Crippen molar-refractivity contribution in [1.29, 1.82) is 5.26 Å². The third-order valence-electron chi connectivity index (χ3n) is 7.34. The number of nitriles is 1. The number of hydrazine groups is 1. The minimum absolute atomic E-state index is 0.0200. The highest BCUT2D eigenvalue weighted by molar-refractivity contribution is 5.96. The lowest BCUT2D eigenvalue weighted by Gasteiger charge is -2.28. The van der Waals surface area contributed by atoms with Crippen LogP contribution in [-0.2, 0) is 0 Å². The number of hydrogen-bond donors (Lipinski definition) is 1. The molecule has 6 aromatic rings. The van der Waals surface area contributed by atoms with Gasteiger partial charge in [0.25, 0.3) is 0 Å². The third kappa shape index (κ3) is 5.22. The molecule has 0 amide bonds. The first-order valence-electron chi connectivity index (χ1n) is 13.4. The second-order valence-electron chi connectivity index (χ2n) is 9.93. The fraction of sp³-hybridized carbons (Fsp3) is 0.0541. The van der Waals surface area contributed by atoms with Gasteiger partial charge in [-0.3, -0.25) is 0 Å². The normalized spacial score (nSPS) is 10.9. The van der Waals surface area contributed by atoms with Crippen LogP contribution < -0.4 is 10.4 Å². The van der Waals surface area contributed by atoms with Crippen LogP contribution in [-0.4, -0.2) is 7.05 Å². The van der Waals surface area contributed by atoms with Crippen molar-refractivity contribution < 1.29 is 0 Å². The van der Waals surface area contributed by atoms with Crippen molar-refractivity contribution in [3.8, 4) is 28.3 Å². The molecule has 0 saturated heterocycles. The summed E-state index contributed by atoms with van der Waals surface area (Å²) >= 11 is 0. The first-order valence-corrected chi connectivity index (χ1v) is 13.4. The molecule has 3 heteroatoms. The highest BCUT2D eigenvalue weighted by atomic mass is 15.5. The van der Waals surface area contributed by atoms with Gasteiger partial charge in [-0.05, 0) is 80.6 Å². The molecule has 0 heterocycles. The Kier molecular flexibility index (Phi) is 7.09. The molecule has 192 valence electrons. The van der Waals surface area contributed by atoms with Crippen molar-refractivity contribution in [1.82, 2.24) is 5.43 Å². The van der Waals surface area contributed by atoms with Crippen LogP contribution in [0.25, 0.3) is 33.0 Å². The van der Waals surface area contributed by atoms with Crippen LogP contribution >= 0.6 is 0 Å². The second-order valence-corrected chi connectivity index (χ2v) is 9.93. The lowest BCUT2D eigenvalue weighted by molar-refractivity contribution is 0.596. The maximum absolute atomic E-state index is 9.50. The lowest BCUT2D eigenvalue weighted by Crippen LogP contribution is -2.38. The van der Waals surface area contributed by atoms with Gasteiger partial charge in [-0.25, -0.2) is 5.43 Å². The predicted octanol–water partition coefficient (Wildman–Crippen LogP) is 8.78. The van der Waals surface area contributed by atoms with E-state index in [1.54, 1.807) is 0 Å². The number of nitrogens with one attached hydrogen (secondary N) is 1. The second kappa shape index (κ2) is 11.3. The third-order valence-corrected chi connectivity index (χ3v) is 7.34. The summed E-state index contributed by atoms with van der Waals surface area (Å²) in [4.78, 5) is 0. The minimum Gasteiger partial charge on any atom is -0.311 e. The Balaban J connectivity index is 1.35. The summed E-state index contributed by atoms with van der Waals surface area (Å²) in [7, 11) is 2.06. The Morgan fingerprint density at radius 1 is 0.575 bits per heavy atom. The SMILES string of the molecule is CN(NC(c1ccccc1)c1ccccc1)c1ccc(-c2cc3ccccc3cc2-c2cccc(C#N)c2)cc1. The van der Waals surface area contributed by atoms with E-state index >= 15 is 0 Å². The van der Waals surface area contributed by atoms with Gasteiger partial charge >= 0.3 is 0 Å². The Hall–Kier alpha value is -5.17. The smallest absolute Gasteiger partial charge is 0.0991 e. The summed E-state index contributed by atoms with van der Waals surface area (Å²) in [6.45, 7) is 0.